The highest BCUT2D eigenvalue weighted by molar-refractivity contribution is 5.17. The Morgan fingerprint density at radius 3 is 2.50 bits per heavy atom. The van der Waals surface area contributed by atoms with Crippen LogP contribution in [0.5, 0.6) is 5.75 Å². The van der Waals surface area contributed by atoms with Crippen molar-refractivity contribution < 1.29 is 5.11 Å². The molecule has 0 aliphatic carbocycles. The molecule has 1 unspecified atom stereocenters. The molecule has 1 heterocycles. The topological polar surface area (TPSA) is 36.4 Å². The third-order valence-electron chi connectivity index (χ3n) is 2.79. The molecule has 1 rings (SSSR count). The number of pyridine rings is 1. The number of nitrogens with zero attached hydrogens (tertiary/aromatic N) is 2. The summed E-state index contributed by atoms with van der Waals surface area (Å²) in [4.78, 5) is 6.48. The summed E-state index contributed by atoms with van der Waals surface area (Å²) in [5.74, 6) is 0.937. The normalized spacial score (nSPS) is 13.4. The molecule has 0 aliphatic heterocycles. The fourth-order valence-corrected chi connectivity index (χ4v) is 1.78. The first-order chi connectivity index (χ1) is 7.49. The lowest BCUT2D eigenvalue weighted by molar-refractivity contribution is 0.218. The van der Waals surface area contributed by atoms with Crippen LogP contribution in [0.1, 0.15) is 32.9 Å². The van der Waals surface area contributed by atoms with Crippen LogP contribution in [0, 0.1) is 5.92 Å². The average Bonchev–Trinajstić information content (AvgIpc) is 2.20. The zero-order valence-corrected chi connectivity index (χ0v) is 10.6. The summed E-state index contributed by atoms with van der Waals surface area (Å²) in [5, 5.41) is 9.14. The van der Waals surface area contributed by atoms with E-state index in [1.807, 2.05) is 6.07 Å². The zero-order chi connectivity index (χ0) is 12.1. The predicted molar refractivity (Wildman–Crippen MR) is 66.3 cm³/mol. The molecule has 1 aromatic heterocycles. The van der Waals surface area contributed by atoms with E-state index in [9.17, 15) is 0 Å². The molecule has 0 saturated heterocycles. The lowest BCUT2D eigenvalue weighted by Crippen LogP contribution is -2.30. The fraction of sp³-hybridized carbons (Fsp3) is 0.615. The molecule has 0 aliphatic rings. The molecule has 0 fully saturated rings. The molecule has 3 heteroatoms. The largest absolute Gasteiger partial charge is 0.506 e. The van der Waals surface area contributed by atoms with Crippen molar-refractivity contribution in [2.24, 2.45) is 5.92 Å². The van der Waals surface area contributed by atoms with Crippen LogP contribution in [-0.2, 0) is 6.54 Å². The van der Waals surface area contributed by atoms with Gasteiger partial charge in [0.05, 0.1) is 11.9 Å². The van der Waals surface area contributed by atoms with Gasteiger partial charge >= 0.3 is 0 Å². The molecule has 0 radical (unpaired) electrons. The van der Waals surface area contributed by atoms with E-state index in [0.29, 0.717) is 12.0 Å². The van der Waals surface area contributed by atoms with Crippen molar-refractivity contribution in [1.29, 1.82) is 0 Å². The Morgan fingerprint density at radius 2 is 2.00 bits per heavy atom. The van der Waals surface area contributed by atoms with Gasteiger partial charge in [-0.25, -0.2) is 0 Å². The first kappa shape index (κ1) is 13.0. The second kappa shape index (κ2) is 5.85. The second-order valence-corrected chi connectivity index (χ2v) is 4.90. The monoisotopic (exact) mass is 222 g/mol. The Hall–Kier alpha value is -1.09. The highest BCUT2D eigenvalue weighted by Crippen LogP contribution is 2.13. The minimum absolute atomic E-state index is 0.224. The van der Waals surface area contributed by atoms with Crippen molar-refractivity contribution >= 4 is 0 Å². The van der Waals surface area contributed by atoms with Crippen LogP contribution >= 0.6 is 0 Å². The van der Waals surface area contributed by atoms with E-state index in [-0.39, 0.29) is 5.75 Å². The maximum absolute atomic E-state index is 9.14. The highest BCUT2D eigenvalue weighted by Gasteiger charge is 2.11. The van der Waals surface area contributed by atoms with Crippen LogP contribution in [0.25, 0.3) is 0 Å². The Bertz CT molecular complexity index is 308. The van der Waals surface area contributed by atoms with Crippen molar-refractivity contribution in [3.8, 4) is 5.75 Å². The fourth-order valence-electron chi connectivity index (χ4n) is 1.78. The molecule has 0 spiro atoms. The van der Waals surface area contributed by atoms with Gasteiger partial charge in [0.25, 0.3) is 0 Å². The standard InChI is InChI=1S/C13H22N2O/c1-10(2)7-11(3)15(4)9-12-5-6-13(16)8-14-12/h5-6,8,10-11,16H,7,9H2,1-4H3. The van der Waals surface area contributed by atoms with E-state index < -0.39 is 0 Å². The van der Waals surface area contributed by atoms with Crippen molar-refractivity contribution in [1.82, 2.24) is 9.88 Å². The second-order valence-electron chi connectivity index (χ2n) is 4.90. The van der Waals surface area contributed by atoms with Crippen LogP contribution < -0.4 is 0 Å². The summed E-state index contributed by atoms with van der Waals surface area (Å²) in [6.45, 7) is 7.54. The van der Waals surface area contributed by atoms with E-state index in [4.69, 9.17) is 5.11 Å². The van der Waals surface area contributed by atoms with Crippen LogP contribution in [-0.4, -0.2) is 28.1 Å². The number of hydrogen-bond acceptors (Lipinski definition) is 3. The minimum atomic E-state index is 0.224. The Morgan fingerprint density at radius 1 is 1.31 bits per heavy atom. The van der Waals surface area contributed by atoms with Crippen molar-refractivity contribution in [3.05, 3.63) is 24.0 Å². The van der Waals surface area contributed by atoms with Gasteiger partial charge in [-0.2, -0.15) is 0 Å². The van der Waals surface area contributed by atoms with E-state index in [0.717, 1.165) is 12.2 Å². The van der Waals surface area contributed by atoms with Crippen LogP contribution in [0.3, 0.4) is 0 Å². The number of hydrogen-bond donors (Lipinski definition) is 1. The number of aromatic hydroxyl groups is 1. The molecule has 0 bridgehead atoms. The predicted octanol–water partition coefficient (Wildman–Crippen LogP) is 2.65. The molecular weight excluding hydrogens is 200 g/mol. The molecule has 16 heavy (non-hydrogen) atoms. The van der Waals surface area contributed by atoms with Crippen LogP contribution in [0.2, 0.25) is 0 Å². The van der Waals surface area contributed by atoms with Gasteiger partial charge in [0, 0.05) is 12.6 Å². The van der Waals surface area contributed by atoms with Crippen molar-refractivity contribution in [3.63, 3.8) is 0 Å². The highest BCUT2D eigenvalue weighted by atomic mass is 16.3. The third-order valence-corrected chi connectivity index (χ3v) is 2.79. The molecule has 90 valence electrons. The van der Waals surface area contributed by atoms with Gasteiger partial charge < -0.3 is 5.11 Å². The summed E-state index contributed by atoms with van der Waals surface area (Å²) in [5.41, 5.74) is 0.996. The van der Waals surface area contributed by atoms with Gasteiger partial charge in [0.2, 0.25) is 0 Å². The lowest BCUT2D eigenvalue weighted by atomic mass is 10.0. The Kier molecular flexibility index (Phi) is 4.74. The maximum atomic E-state index is 9.14. The molecular formula is C13H22N2O. The van der Waals surface area contributed by atoms with E-state index in [1.54, 1.807) is 6.07 Å². The summed E-state index contributed by atoms with van der Waals surface area (Å²) in [7, 11) is 2.11. The average molecular weight is 222 g/mol. The molecule has 1 N–H and O–H groups in total. The molecule has 1 atom stereocenters. The zero-order valence-electron chi connectivity index (χ0n) is 10.6. The SMILES string of the molecule is CC(C)CC(C)N(C)Cc1ccc(O)cn1. The summed E-state index contributed by atoms with van der Waals surface area (Å²) in [6, 6.07) is 4.10. The summed E-state index contributed by atoms with van der Waals surface area (Å²) >= 11 is 0. The summed E-state index contributed by atoms with van der Waals surface area (Å²) in [6.07, 6.45) is 2.69. The van der Waals surface area contributed by atoms with Crippen LogP contribution in [0.4, 0.5) is 0 Å². The van der Waals surface area contributed by atoms with E-state index >= 15 is 0 Å². The Labute approximate surface area is 98.1 Å². The first-order valence-electron chi connectivity index (χ1n) is 5.83. The summed E-state index contributed by atoms with van der Waals surface area (Å²) < 4.78 is 0. The number of rotatable bonds is 5. The first-order valence-corrected chi connectivity index (χ1v) is 5.83. The molecule has 0 saturated carbocycles. The Balaban J connectivity index is 2.50. The molecule has 0 aromatic carbocycles. The molecule has 3 nitrogen and oxygen atoms in total. The lowest BCUT2D eigenvalue weighted by Gasteiger charge is -2.25. The maximum Gasteiger partial charge on any atom is 0.133 e. The van der Waals surface area contributed by atoms with Crippen molar-refractivity contribution in [2.75, 3.05) is 7.05 Å². The third kappa shape index (κ3) is 4.19. The van der Waals surface area contributed by atoms with Gasteiger partial charge in [-0.1, -0.05) is 13.8 Å². The molecule has 1 aromatic rings. The van der Waals surface area contributed by atoms with Crippen LogP contribution in [0.15, 0.2) is 18.3 Å². The smallest absolute Gasteiger partial charge is 0.133 e. The van der Waals surface area contributed by atoms with E-state index in [1.165, 1.54) is 12.6 Å². The molecule has 0 amide bonds. The van der Waals surface area contributed by atoms with Gasteiger partial charge in [0.15, 0.2) is 0 Å². The van der Waals surface area contributed by atoms with Gasteiger partial charge in [-0.15, -0.1) is 0 Å². The van der Waals surface area contributed by atoms with E-state index in [2.05, 4.69) is 37.7 Å². The van der Waals surface area contributed by atoms with Crippen molar-refractivity contribution in [2.45, 2.75) is 39.8 Å². The van der Waals surface area contributed by atoms with Gasteiger partial charge in [0.1, 0.15) is 5.75 Å². The quantitative estimate of drug-likeness (QED) is 0.832. The van der Waals surface area contributed by atoms with Gasteiger partial charge in [-0.3, -0.25) is 9.88 Å². The minimum Gasteiger partial charge on any atom is -0.506 e. The number of aromatic nitrogens is 1. The van der Waals surface area contributed by atoms with Gasteiger partial charge in [-0.05, 0) is 38.4 Å².